The highest BCUT2D eigenvalue weighted by molar-refractivity contribution is 5.60. The molecule has 0 aromatic heterocycles. The second kappa shape index (κ2) is 9.36. The molecule has 1 heterocycles. The van der Waals surface area contributed by atoms with Crippen LogP contribution in [0.1, 0.15) is 64.7 Å². The Bertz CT molecular complexity index is 321. The zero-order valence-electron chi connectivity index (χ0n) is 13.8. The SMILES string of the molecule is CCOC(=O)OC1(CCCCCCOCC2CCCC2)CO1. The molecule has 0 radical (unpaired) electrons. The van der Waals surface area contributed by atoms with E-state index in [4.69, 9.17) is 18.9 Å². The molecular weight excluding hydrogens is 284 g/mol. The molecule has 2 aliphatic rings. The van der Waals surface area contributed by atoms with Crippen LogP contribution in [0.4, 0.5) is 4.79 Å². The normalized spacial score (nSPS) is 24.4. The van der Waals surface area contributed by atoms with Crippen molar-refractivity contribution in [3.63, 3.8) is 0 Å². The summed E-state index contributed by atoms with van der Waals surface area (Å²) in [6, 6.07) is 0. The highest BCUT2D eigenvalue weighted by Crippen LogP contribution is 2.34. The second-order valence-corrected chi connectivity index (χ2v) is 6.37. The minimum Gasteiger partial charge on any atom is -0.435 e. The van der Waals surface area contributed by atoms with Gasteiger partial charge in [-0.05, 0) is 38.5 Å². The lowest BCUT2D eigenvalue weighted by Crippen LogP contribution is -2.22. The van der Waals surface area contributed by atoms with Crippen LogP contribution in [0, 0.1) is 5.92 Å². The summed E-state index contributed by atoms with van der Waals surface area (Å²) in [7, 11) is 0. The van der Waals surface area contributed by atoms with Gasteiger partial charge in [-0.15, -0.1) is 0 Å². The van der Waals surface area contributed by atoms with Crippen LogP contribution >= 0.6 is 0 Å². The number of ether oxygens (including phenoxy) is 4. The number of carbonyl (C=O) groups excluding carboxylic acids is 1. The molecule has 5 heteroatoms. The summed E-state index contributed by atoms with van der Waals surface area (Å²) < 4.78 is 21.0. The van der Waals surface area contributed by atoms with Gasteiger partial charge in [0.1, 0.15) is 6.61 Å². The van der Waals surface area contributed by atoms with Crippen molar-refractivity contribution < 1.29 is 23.7 Å². The summed E-state index contributed by atoms with van der Waals surface area (Å²) in [5, 5.41) is 0. The molecule has 2 fully saturated rings. The van der Waals surface area contributed by atoms with E-state index in [0.717, 1.165) is 51.2 Å². The molecule has 5 nitrogen and oxygen atoms in total. The molecule has 1 aliphatic carbocycles. The van der Waals surface area contributed by atoms with Crippen LogP contribution in [0.2, 0.25) is 0 Å². The summed E-state index contributed by atoms with van der Waals surface area (Å²) >= 11 is 0. The first-order valence-corrected chi connectivity index (χ1v) is 8.81. The predicted molar refractivity (Wildman–Crippen MR) is 82.7 cm³/mol. The smallest absolute Gasteiger partial charge is 0.435 e. The van der Waals surface area contributed by atoms with Crippen molar-refractivity contribution in [1.82, 2.24) is 0 Å². The average molecular weight is 314 g/mol. The summed E-state index contributed by atoms with van der Waals surface area (Å²) in [5.41, 5.74) is 0. The Kier molecular flexibility index (Phi) is 7.46. The van der Waals surface area contributed by atoms with E-state index in [-0.39, 0.29) is 0 Å². The molecule has 2 rings (SSSR count). The molecule has 0 amide bonds. The number of unbranched alkanes of at least 4 members (excludes halogenated alkanes) is 3. The van der Waals surface area contributed by atoms with Crippen molar-refractivity contribution >= 4 is 6.16 Å². The van der Waals surface area contributed by atoms with E-state index in [1.807, 2.05) is 0 Å². The first-order valence-electron chi connectivity index (χ1n) is 8.81. The van der Waals surface area contributed by atoms with Crippen LogP contribution in [0.15, 0.2) is 0 Å². The van der Waals surface area contributed by atoms with E-state index in [1.54, 1.807) is 6.92 Å². The summed E-state index contributed by atoms with van der Waals surface area (Å²) in [4.78, 5) is 11.3. The Hall–Kier alpha value is -0.810. The van der Waals surface area contributed by atoms with Crippen molar-refractivity contribution in [2.45, 2.75) is 70.5 Å². The Morgan fingerprint density at radius 3 is 2.59 bits per heavy atom. The third-order valence-electron chi connectivity index (χ3n) is 4.42. The fourth-order valence-electron chi connectivity index (χ4n) is 3.01. The van der Waals surface area contributed by atoms with E-state index >= 15 is 0 Å². The van der Waals surface area contributed by atoms with Gasteiger partial charge >= 0.3 is 6.16 Å². The molecule has 1 saturated heterocycles. The lowest BCUT2D eigenvalue weighted by Gasteiger charge is -2.12. The van der Waals surface area contributed by atoms with Crippen LogP contribution in [0.25, 0.3) is 0 Å². The molecule has 0 N–H and O–H groups in total. The van der Waals surface area contributed by atoms with E-state index in [0.29, 0.717) is 13.2 Å². The standard InChI is InChI=1S/C17H30O5/c1-2-20-16(18)22-17(14-21-17)11-7-3-4-8-12-19-13-15-9-5-6-10-15/h15H,2-14H2,1H3. The van der Waals surface area contributed by atoms with Gasteiger partial charge in [-0.3, -0.25) is 0 Å². The van der Waals surface area contributed by atoms with Gasteiger partial charge in [0.05, 0.1) is 6.61 Å². The number of rotatable bonds is 11. The first-order chi connectivity index (χ1) is 10.7. The van der Waals surface area contributed by atoms with Crippen LogP contribution in [-0.2, 0) is 18.9 Å². The summed E-state index contributed by atoms with van der Waals surface area (Å²) in [5.74, 6) is 0.123. The van der Waals surface area contributed by atoms with E-state index in [2.05, 4.69) is 0 Å². The Morgan fingerprint density at radius 1 is 1.18 bits per heavy atom. The minimum absolute atomic E-state index is 0.329. The fourth-order valence-corrected chi connectivity index (χ4v) is 3.01. The monoisotopic (exact) mass is 314 g/mol. The topological polar surface area (TPSA) is 57.3 Å². The Morgan fingerprint density at radius 2 is 1.91 bits per heavy atom. The molecule has 1 saturated carbocycles. The lowest BCUT2D eigenvalue weighted by molar-refractivity contribution is -0.0381. The molecule has 1 aliphatic heterocycles. The zero-order chi connectivity index (χ0) is 15.7. The quantitative estimate of drug-likeness (QED) is 0.327. The number of hydrogen-bond donors (Lipinski definition) is 0. The number of epoxide rings is 1. The summed E-state index contributed by atoms with van der Waals surface area (Å²) in [6.45, 7) is 4.41. The van der Waals surface area contributed by atoms with Crippen molar-refractivity contribution in [2.24, 2.45) is 5.92 Å². The third kappa shape index (κ3) is 6.53. The molecule has 128 valence electrons. The van der Waals surface area contributed by atoms with Crippen LogP contribution in [0.3, 0.4) is 0 Å². The fraction of sp³-hybridized carbons (Fsp3) is 0.941. The molecule has 1 unspecified atom stereocenters. The molecule has 0 aromatic rings. The number of hydrogen-bond acceptors (Lipinski definition) is 5. The van der Waals surface area contributed by atoms with E-state index in [1.165, 1.54) is 25.7 Å². The van der Waals surface area contributed by atoms with Gasteiger partial charge < -0.3 is 18.9 Å². The van der Waals surface area contributed by atoms with E-state index in [9.17, 15) is 4.79 Å². The van der Waals surface area contributed by atoms with Crippen molar-refractivity contribution in [3.8, 4) is 0 Å². The maximum atomic E-state index is 11.3. The van der Waals surface area contributed by atoms with Gasteiger partial charge in [0.25, 0.3) is 0 Å². The third-order valence-corrected chi connectivity index (χ3v) is 4.42. The first kappa shape index (κ1) is 17.5. The highest BCUT2D eigenvalue weighted by atomic mass is 16.8. The van der Waals surface area contributed by atoms with Gasteiger partial charge in [0.15, 0.2) is 0 Å². The van der Waals surface area contributed by atoms with Crippen LogP contribution in [0.5, 0.6) is 0 Å². The van der Waals surface area contributed by atoms with Crippen molar-refractivity contribution in [1.29, 1.82) is 0 Å². The van der Waals surface area contributed by atoms with Gasteiger partial charge in [-0.2, -0.15) is 0 Å². The molecule has 0 aromatic carbocycles. The average Bonchev–Trinajstić information content (AvgIpc) is 3.05. The molecule has 1 atom stereocenters. The molecule has 0 bridgehead atoms. The molecule has 0 spiro atoms. The maximum absolute atomic E-state index is 11.3. The lowest BCUT2D eigenvalue weighted by atomic mass is 10.1. The molecule has 22 heavy (non-hydrogen) atoms. The van der Waals surface area contributed by atoms with Gasteiger partial charge in [-0.25, -0.2) is 4.79 Å². The van der Waals surface area contributed by atoms with Crippen molar-refractivity contribution in [3.05, 3.63) is 0 Å². The summed E-state index contributed by atoms with van der Waals surface area (Å²) in [6.07, 6.45) is 9.98. The van der Waals surface area contributed by atoms with Gasteiger partial charge in [0.2, 0.25) is 5.79 Å². The van der Waals surface area contributed by atoms with Crippen molar-refractivity contribution in [2.75, 3.05) is 26.4 Å². The maximum Gasteiger partial charge on any atom is 0.510 e. The number of carbonyl (C=O) groups is 1. The predicted octanol–water partition coefficient (Wildman–Crippen LogP) is 4.04. The van der Waals surface area contributed by atoms with Gasteiger partial charge in [-0.1, -0.05) is 25.7 Å². The Balaban J connectivity index is 1.40. The molecular formula is C17H30O5. The van der Waals surface area contributed by atoms with E-state index < -0.39 is 11.9 Å². The minimum atomic E-state index is -0.689. The van der Waals surface area contributed by atoms with Gasteiger partial charge in [0, 0.05) is 19.6 Å². The van der Waals surface area contributed by atoms with Crippen LogP contribution in [-0.4, -0.2) is 38.4 Å². The second-order valence-electron chi connectivity index (χ2n) is 6.37. The highest BCUT2D eigenvalue weighted by Gasteiger charge is 2.49. The Labute approximate surface area is 133 Å². The van der Waals surface area contributed by atoms with Crippen LogP contribution < -0.4 is 0 Å². The largest absolute Gasteiger partial charge is 0.510 e. The zero-order valence-corrected chi connectivity index (χ0v) is 13.8.